The number of hydrogen-bond donors (Lipinski definition) is 1. The van der Waals surface area contributed by atoms with Crippen molar-refractivity contribution in [3.8, 4) is 0 Å². The lowest BCUT2D eigenvalue weighted by atomic mass is 10.0. The number of sulfone groups is 1. The second-order valence-electron chi connectivity index (χ2n) is 6.90. The SMILES string of the molecule is C[C@H]1[C@@H]2NOC[C@]2(S(=O)(=O)c2ccccc2)CN1Cc1ccccc1. The van der Waals surface area contributed by atoms with Crippen LogP contribution in [0.1, 0.15) is 12.5 Å². The molecule has 25 heavy (non-hydrogen) atoms. The molecule has 132 valence electrons. The van der Waals surface area contributed by atoms with E-state index in [-0.39, 0.29) is 18.7 Å². The van der Waals surface area contributed by atoms with Gasteiger partial charge in [-0.25, -0.2) is 8.42 Å². The summed E-state index contributed by atoms with van der Waals surface area (Å²) in [4.78, 5) is 8.03. The Morgan fingerprint density at radius 1 is 1.12 bits per heavy atom. The third kappa shape index (κ3) is 2.60. The predicted molar refractivity (Wildman–Crippen MR) is 95.5 cm³/mol. The molecule has 0 saturated carbocycles. The van der Waals surface area contributed by atoms with E-state index in [0.29, 0.717) is 11.4 Å². The van der Waals surface area contributed by atoms with Crippen LogP contribution in [0.3, 0.4) is 0 Å². The van der Waals surface area contributed by atoms with Crippen LogP contribution in [0.25, 0.3) is 0 Å². The fourth-order valence-corrected chi connectivity index (χ4v) is 6.13. The predicted octanol–water partition coefficient (Wildman–Crippen LogP) is 2.01. The molecular weight excluding hydrogens is 336 g/mol. The number of likely N-dealkylation sites (tertiary alicyclic amines) is 1. The Kier molecular flexibility index (Phi) is 4.16. The molecule has 2 aromatic rings. The van der Waals surface area contributed by atoms with Gasteiger partial charge in [0.15, 0.2) is 9.84 Å². The van der Waals surface area contributed by atoms with Gasteiger partial charge in [0.2, 0.25) is 0 Å². The van der Waals surface area contributed by atoms with Crippen molar-refractivity contribution in [2.75, 3.05) is 13.2 Å². The first kappa shape index (κ1) is 16.7. The molecule has 5 nitrogen and oxygen atoms in total. The smallest absolute Gasteiger partial charge is 0.189 e. The Bertz CT molecular complexity index is 841. The molecule has 3 atom stereocenters. The Labute approximate surface area is 148 Å². The summed E-state index contributed by atoms with van der Waals surface area (Å²) in [6, 6.07) is 18.7. The third-order valence-corrected chi connectivity index (χ3v) is 7.90. The van der Waals surface area contributed by atoms with Crippen LogP contribution >= 0.6 is 0 Å². The third-order valence-electron chi connectivity index (χ3n) is 5.44. The second-order valence-corrected chi connectivity index (χ2v) is 9.19. The normalized spacial score (nSPS) is 29.6. The van der Waals surface area contributed by atoms with Crippen molar-refractivity contribution in [2.45, 2.75) is 35.2 Å². The standard InChI is InChI=1S/C19H22N2O3S/c1-15-18-19(14-24-20-18,25(22,23)17-10-6-3-7-11-17)13-21(15)12-16-8-4-2-5-9-16/h2-11,15,18,20H,12-14H2,1H3/t15-,18-,19+/m0/s1. The van der Waals surface area contributed by atoms with E-state index in [1.807, 2.05) is 24.3 Å². The Hall–Kier alpha value is -1.73. The summed E-state index contributed by atoms with van der Waals surface area (Å²) in [6.07, 6.45) is 0. The number of hydrogen-bond acceptors (Lipinski definition) is 5. The molecular formula is C19H22N2O3S. The molecule has 0 aromatic heterocycles. The highest BCUT2D eigenvalue weighted by Crippen LogP contribution is 2.41. The summed E-state index contributed by atoms with van der Waals surface area (Å²) in [5, 5.41) is 0. The molecule has 2 fully saturated rings. The fraction of sp³-hybridized carbons (Fsp3) is 0.368. The van der Waals surface area contributed by atoms with Gasteiger partial charge >= 0.3 is 0 Å². The van der Waals surface area contributed by atoms with Crippen LogP contribution in [-0.4, -0.2) is 43.3 Å². The molecule has 4 rings (SSSR count). The van der Waals surface area contributed by atoms with Gasteiger partial charge in [-0.3, -0.25) is 9.74 Å². The van der Waals surface area contributed by atoms with Crippen molar-refractivity contribution in [1.29, 1.82) is 0 Å². The molecule has 2 aliphatic heterocycles. The highest BCUT2D eigenvalue weighted by Gasteiger charge is 2.62. The molecule has 2 aliphatic rings. The van der Waals surface area contributed by atoms with E-state index < -0.39 is 14.6 Å². The van der Waals surface area contributed by atoms with Gasteiger partial charge in [-0.05, 0) is 24.6 Å². The second kappa shape index (κ2) is 6.21. The zero-order valence-corrected chi connectivity index (χ0v) is 14.9. The minimum absolute atomic E-state index is 0.0567. The summed E-state index contributed by atoms with van der Waals surface area (Å²) in [7, 11) is -3.52. The first-order valence-electron chi connectivity index (χ1n) is 8.50. The van der Waals surface area contributed by atoms with Gasteiger partial charge < -0.3 is 0 Å². The molecule has 6 heteroatoms. The summed E-state index contributed by atoms with van der Waals surface area (Å²) in [6.45, 7) is 3.42. The van der Waals surface area contributed by atoms with Crippen molar-refractivity contribution in [2.24, 2.45) is 0 Å². The Balaban J connectivity index is 1.69. The van der Waals surface area contributed by atoms with Crippen LogP contribution in [-0.2, 0) is 21.2 Å². The molecule has 0 amide bonds. The van der Waals surface area contributed by atoms with Crippen molar-refractivity contribution in [3.63, 3.8) is 0 Å². The Morgan fingerprint density at radius 2 is 1.76 bits per heavy atom. The van der Waals surface area contributed by atoms with E-state index in [2.05, 4.69) is 29.4 Å². The van der Waals surface area contributed by atoms with Gasteiger partial charge in [-0.15, -0.1) is 0 Å². The largest absolute Gasteiger partial charge is 0.300 e. The van der Waals surface area contributed by atoms with Gasteiger partial charge in [0.05, 0.1) is 17.5 Å². The molecule has 2 saturated heterocycles. The van der Waals surface area contributed by atoms with Crippen LogP contribution in [0.4, 0.5) is 0 Å². The molecule has 0 spiro atoms. The molecule has 0 unspecified atom stereocenters. The monoisotopic (exact) mass is 358 g/mol. The first-order chi connectivity index (χ1) is 12.0. The van der Waals surface area contributed by atoms with Crippen molar-refractivity contribution in [1.82, 2.24) is 10.4 Å². The lowest BCUT2D eigenvalue weighted by molar-refractivity contribution is 0.0597. The van der Waals surface area contributed by atoms with E-state index in [1.54, 1.807) is 24.3 Å². The minimum atomic E-state index is -3.52. The number of fused-ring (bicyclic) bond motifs is 1. The molecule has 2 heterocycles. The lowest BCUT2D eigenvalue weighted by Gasteiger charge is -2.26. The number of nitrogens with zero attached hydrogens (tertiary/aromatic N) is 1. The van der Waals surface area contributed by atoms with Crippen LogP contribution in [0.15, 0.2) is 65.6 Å². The average molecular weight is 358 g/mol. The summed E-state index contributed by atoms with van der Waals surface area (Å²) >= 11 is 0. The van der Waals surface area contributed by atoms with E-state index >= 15 is 0 Å². The number of hydroxylamine groups is 1. The molecule has 1 N–H and O–H groups in total. The van der Waals surface area contributed by atoms with E-state index in [9.17, 15) is 8.42 Å². The molecule has 0 aliphatic carbocycles. The van der Waals surface area contributed by atoms with Crippen LogP contribution in [0, 0.1) is 0 Å². The zero-order valence-electron chi connectivity index (χ0n) is 14.1. The summed E-state index contributed by atoms with van der Waals surface area (Å²) in [5.41, 5.74) is 4.16. The molecule has 0 radical (unpaired) electrons. The number of rotatable bonds is 4. The highest BCUT2D eigenvalue weighted by atomic mass is 32.2. The topological polar surface area (TPSA) is 58.6 Å². The summed E-state index contributed by atoms with van der Waals surface area (Å²) in [5.74, 6) is 0. The van der Waals surface area contributed by atoms with Gasteiger partial charge in [0.25, 0.3) is 0 Å². The van der Waals surface area contributed by atoms with Crippen molar-refractivity contribution < 1.29 is 13.3 Å². The van der Waals surface area contributed by atoms with E-state index in [4.69, 9.17) is 4.84 Å². The minimum Gasteiger partial charge on any atom is -0.300 e. The van der Waals surface area contributed by atoms with Gasteiger partial charge in [0, 0.05) is 19.1 Å². The maximum absolute atomic E-state index is 13.4. The number of nitrogens with one attached hydrogen (secondary N) is 1. The fourth-order valence-electron chi connectivity index (χ4n) is 4.01. The lowest BCUT2D eigenvalue weighted by Crippen LogP contribution is -2.51. The Morgan fingerprint density at radius 3 is 2.44 bits per heavy atom. The first-order valence-corrected chi connectivity index (χ1v) is 9.98. The van der Waals surface area contributed by atoms with Gasteiger partial charge in [-0.1, -0.05) is 48.5 Å². The van der Waals surface area contributed by atoms with E-state index in [0.717, 1.165) is 6.54 Å². The quantitative estimate of drug-likeness (QED) is 0.906. The average Bonchev–Trinajstić information content (AvgIpc) is 3.17. The van der Waals surface area contributed by atoms with E-state index in [1.165, 1.54) is 5.56 Å². The van der Waals surface area contributed by atoms with Gasteiger partial charge in [0.1, 0.15) is 4.75 Å². The van der Waals surface area contributed by atoms with Crippen LogP contribution in [0.2, 0.25) is 0 Å². The van der Waals surface area contributed by atoms with Gasteiger partial charge in [-0.2, -0.15) is 5.48 Å². The van der Waals surface area contributed by atoms with Crippen molar-refractivity contribution in [3.05, 3.63) is 66.2 Å². The zero-order chi connectivity index (χ0) is 17.5. The molecule has 0 bridgehead atoms. The maximum atomic E-state index is 13.4. The number of benzene rings is 2. The van der Waals surface area contributed by atoms with Crippen LogP contribution < -0.4 is 5.48 Å². The van der Waals surface area contributed by atoms with Crippen LogP contribution in [0.5, 0.6) is 0 Å². The maximum Gasteiger partial charge on any atom is 0.189 e. The highest BCUT2D eigenvalue weighted by molar-refractivity contribution is 7.93. The molecule has 2 aromatic carbocycles. The summed E-state index contributed by atoms with van der Waals surface area (Å²) < 4.78 is 25.9. The van der Waals surface area contributed by atoms with Crippen molar-refractivity contribution >= 4 is 9.84 Å².